The predicted octanol–water partition coefficient (Wildman–Crippen LogP) is 3.80. The van der Waals surface area contributed by atoms with Gasteiger partial charge in [-0.1, -0.05) is 60.7 Å². The van der Waals surface area contributed by atoms with E-state index >= 15 is 0 Å². The third-order valence-electron chi connectivity index (χ3n) is 5.37. The lowest BCUT2D eigenvalue weighted by Crippen LogP contribution is -2.86. The maximum Gasteiger partial charge on any atom is 0.316 e. The van der Waals surface area contributed by atoms with Crippen molar-refractivity contribution in [2.24, 2.45) is 5.92 Å². The zero-order chi connectivity index (χ0) is 19.1. The Morgan fingerprint density at radius 2 is 1.56 bits per heavy atom. The molecule has 144 valence electrons. The van der Waals surface area contributed by atoms with Gasteiger partial charge >= 0.3 is 5.97 Å². The van der Waals surface area contributed by atoms with Crippen LogP contribution in [0.1, 0.15) is 43.1 Å². The van der Waals surface area contributed by atoms with Gasteiger partial charge in [0.25, 0.3) is 0 Å². The molecule has 3 rings (SSSR count). The summed E-state index contributed by atoms with van der Waals surface area (Å²) in [7, 11) is 0. The molecule has 4 heteroatoms. The van der Waals surface area contributed by atoms with E-state index in [1.54, 1.807) is 11.8 Å². The number of piperidine rings is 1. The summed E-state index contributed by atoms with van der Waals surface area (Å²) in [6.07, 6.45) is 2.23. The molecule has 3 nitrogen and oxygen atoms in total. The average molecular weight is 385 g/mol. The lowest BCUT2D eigenvalue weighted by molar-refractivity contribution is -0.665. The van der Waals surface area contributed by atoms with Crippen molar-refractivity contribution in [3.63, 3.8) is 0 Å². The Labute approximate surface area is 166 Å². The number of esters is 1. The second-order valence-corrected chi connectivity index (χ2v) is 8.82. The second kappa shape index (κ2) is 9.43. The van der Waals surface area contributed by atoms with Crippen molar-refractivity contribution in [3.8, 4) is 0 Å². The van der Waals surface area contributed by atoms with E-state index in [1.165, 1.54) is 11.1 Å². The normalized spacial score (nSPS) is 15.7. The summed E-state index contributed by atoms with van der Waals surface area (Å²) in [6.45, 7) is 6.39. The Balaban J connectivity index is 1.64. The number of benzene rings is 2. The molecular weight excluding hydrogens is 354 g/mol. The Hall–Kier alpha value is -1.78. The van der Waals surface area contributed by atoms with Crippen molar-refractivity contribution in [2.45, 2.75) is 37.5 Å². The quantitative estimate of drug-likeness (QED) is 0.738. The van der Waals surface area contributed by atoms with Gasteiger partial charge in [0, 0.05) is 18.8 Å². The number of hydrogen-bond donors (Lipinski definition) is 1. The van der Waals surface area contributed by atoms with Gasteiger partial charge in [-0.05, 0) is 25.0 Å². The first-order valence-corrected chi connectivity index (χ1v) is 10.9. The third kappa shape index (κ3) is 5.60. The van der Waals surface area contributed by atoms with Crippen LogP contribution in [0.4, 0.5) is 0 Å². The molecule has 0 atom stereocenters. The van der Waals surface area contributed by atoms with Gasteiger partial charge in [0.05, 0.1) is 24.1 Å². The molecule has 2 N–H and O–H groups in total. The summed E-state index contributed by atoms with van der Waals surface area (Å²) in [5.41, 5.74) is 2.04. The van der Waals surface area contributed by atoms with E-state index in [9.17, 15) is 4.79 Å². The molecule has 0 spiro atoms. The highest BCUT2D eigenvalue weighted by Gasteiger charge is 2.35. The van der Waals surface area contributed by atoms with E-state index in [0.29, 0.717) is 11.7 Å². The van der Waals surface area contributed by atoms with Crippen LogP contribution in [0.5, 0.6) is 0 Å². The number of thioether (sulfide) groups is 1. The molecule has 0 aromatic heterocycles. The van der Waals surface area contributed by atoms with Crippen molar-refractivity contribution >= 4 is 17.7 Å². The van der Waals surface area contributed by atoms with Gasteiger partial charge in [-0.15, -0.1) is 11.8 Å². The minimum absolute atomic E-state index is 0.114. The highest BCUT2D eigenvalue weighted by Crippen LogP contribution is 2.36. The van der Waals surface area contributed by atoms with E-state index in [0.717, 1.165) is 25.9 Å². The first kappa shape index (κ1) is 20.0. The summed E-state index contributed by atoms with van der Waals surface area (Å²) in [4.78, 5) is 12.6. The maximum atomic E-state index is 12.6. The highest BCUT2D eigenvalue weighted by molar-refractivity contribution is 8.00. The molecular formula is C23H30NO2S+. The van der Waals surface area contributed by atoms with Crippen molar-refractivity contribution in [1.29, 1.82) is 0 Å². The zero-order valence-corrected chi connectivity index (χ0v) is 17.1. The third-order valence-corrected chi connectivity index (χ3v) is 6.65. The number of carbonyl (C=O) groups is 1. The van der Waals surface area contributed by atoms with Gasteiger partial charge in [-0.2, -0.15) is 0 Å². The summed E-state index contributed by atoms with van der Waals surface area (Å²) < 4.78 is 5.93. The van der Waals surface area contributed by atoms with Crippen LogP contribution in [-0.4, -0.2) is 30.4 Å². The highest BCUT2D eigenvalue weighted by atomic mass is 32.2. The molecule has 1 saturated heterocycles. The smallest absolute Gasteiger partial charge is 0.316 e. The van der Waals surface area contributed by atoms with Gasteiger partial charge in [0.1, 0.15) is 5.60 Å². The van der Waals surface area contributed by atoms with Gasteiger partial charge in [-0.25, -0.2) is 0 Å². The molecule has 1 fully saturated rings. The van der Waals surface area contributed by atoms with E-state index in [4.69, 9.17) is 4.74 Å². The maximum absolute atomic E-state index is 12.6. The van der Waals surface area contributed by atoms with Crippen molar-refractivity contribution in [2.75, 3.05) is 18.8 Å². The van der Waals surface area contributed by atoms with Crippen LogP contribution in [-0.2, 0) is 9.53 Å². The Morgan fingerprint density at radius 1 is 1.04 bits per heavy atom. The van der Waals surface area contributed by atoms with Crippen molar-refractivity contribution < 1.29 is 14.8 Å². The van der Waals surface area contributed by atoms with Gasteiger partial charge in [-0.3, -0.25) is 4.79 Å². The summed E-state index contributed by atoms with van der Waals surface area (Å²) in [5, 5.41) is 2.47. The van der Waals surface area contributed by atoms with Crippen molar-refractivity contribution in [1.82, 2.24) is 0 Å². The first-order valence-electron chi connectivity index (χ1n) is 9.81. The standard InChI is InChI=1S/C23H29NO2S/c1-23(2,20-13-15-24-16-14-20)26-21(25)17-27-22(18-9-5-3-6-10-18)19-11-7-4-8-12-19/h3-12,20,22,24H,13-17H2,1-2H3/p+1. The SMILES string of the molecule is CC(C)(OC(=O)CSC(c1ccccc1)c1ccccc1)C1CC[NH2+]CC1. The molecule has 2 aromatic carbocycles. The fraction of sp³-hybridized carbons (Fsp3) is 0.435. The Bertz CT molecular complexity index is 672. The number of hydrogen-bond acceptors (Lipinski definition) is 3. The molecule has 0 radical (unpaired) electrons. The van der Waals surface area contributed by atoms with Crippen LogP contribution in [0.2, 0.25) is 0 Å². The first-order chi connectivity index (χ1) is 13.1. The topological polar surface area (TPSA) is 42.9 Å². The van der Waals surface area contributed by atoms with E-state index in [2.05, 4.69) is 43.4 Å². The minimum Gasteiger partial charge on any atom is -0.459 e. The van der Waals surface area contributed by atoms with Gasteiger partial charge < -0.3 is 10.1 Å². The molecule has 0 aliphatic carbocycles. The summed E-state index contributed by atoms with van der Waals surface area (Å²) >= 11 is 1.64. The van der Waals surface area contributed by atoms with Crippen LogP contribution in [0.25, 0.3) is 0 Å². The fourth-order valence-electron chi connectivity index (χ4n) is 3.82. The number of ether oxygens (including phenoxy) is 1. The largest absolute Gasteiger partial charge is 0.459 e. The minimum atomic E-state index is -0.388. The average Bonchev–Trinajstić information content (AvgIpc) is 2.70. The number of nitrogens with two attached hydrogens (primary N) is 1. The summed E-state index contributed by atoms with van der Waals surface area (Å²) in [5.74, 6) is 0.698. The van der Waals surface area contributed by atoms with Crippen LogP contribution >= 0.6 is 11.8 Å². The number of rotatable bonds is 7. The van der Waals surface area contributed by atoms with Crippen LogP contribution in [0.15, 0.2) is 60.7 Å². The Morgan fingerprint density at radius 3 is 2.07 bits per heavy atom. The molecule has 0 saturated carbocycles. The molecule has 0 bridgehead atoms. The second-order valence-electron chi connectivity index (χ2n) is 7.73. The van der Waals surface area contributed by atoms with E-state index in [-0.39, 0.29) is 16.8 Å². The van der Waals surface area contributed by atoms with E-state index < -0.39 is 0 Å². The van der Waals surface area contributed by atoms with Crippen LogP contribution < -0.4 is 5.32 Å². The summed E-state index contributed by atoms with van der Waals surface area (Å²) in [6, 6.07) is 20.7. The lowest BCUT2D eigenvalue weighted by atomic mass is 9.83. The molecule has 1 aliphatic heterocycles. The van der Waals surface area contributed by atoms with Crippen LogP contribution in [0, 0.1) is 5.92 Å². The lowest BCUT2D eigenvalue weighted by Gasteiger charge is -2.35. The molecule has 0 amide bonds. The van der Waals surface area contributed by atoms with E-state index in [1.807, 2.05) is 36.4 Å². The Kier molecular flexibility index (Phi) is 6.97. The molecule has 1 heterocycles. The molecule has 1 aliphatic rings. The number of carbonyl (C=O) groups excluding carboxylic acids is 1. The zero-order valence-electron chi connectivity index (χ0n) is 16.3. The monoisotopic (exact) mass is 384 g/mol. The fourth-order valence-corrected chi connectivity index (χ4v) is 4.88. The van der Waals surface area contributed by atoms with Gasteiger partial charge in [0.2, 0.25) is 0 Å². The van der Waals surface area contributed by atoms with Crippen molar-refractivity contribution in [3.05, 3.63) is 71.8 Å². The van der Waals surface area contributed by atoms with Gasteiger partial charge in [0.15, 0.2) is 0 Å². The molecule has 2 aromatic rings. The number of quaternary nitrogens is 1. The van der Waals surface area contributed by atoms with Crippen LogP contribution in [0.3, 0.4) is 0 Å². The molecule has 0 unspecified atom stereocenters. The predicted molar refractivity (Wildman–Crippen MR) is 112 cm³/mol. The molecule has 27 heavy (non-hydrogen) atoms.